The summed E-state index contributed by atoms with van der Waals surface area (Å²) in [5, 5.41) is 15.3. The number of carbonyl (C=O) groups excluding carboxylic acids is 2. The number of esters is 1. The third kappa shape index (κ3) is 19.7. The van der Waals surface area contributed by atoms with E-state index in [1.54, 1.807) is 7.11 Å². The van der Waals surface area contributed by atoms with Gasteiger partial charge in [-0.05, 0) is 54.7 Å². The predicted molar refractivity (Wildman–Crippen MR) is 166 cm³/mol. The third-order valence-corrected chi connectivity index (χ3v) is 6.99. The second-order valence-electron chi connectivity index (χ2n) is 11.0. The van der Waals surface area contributed by atoms with Gasteiger partial charge in [0.1, 0.15) is 32.3 Å². The molecule has 10 heteroatoms. The van der Waals surface area contributed by atoms with E-state index in [1.165, 1.54) is 25.3 Å². The number of aryl methyl sites for hydroxylation is 1. The highest BCUT2D eigenvalue weighted by atomic mass is 16.7. The van der Waals surface area contributed by atoms with E-state index in [-0.39, 0.29) is 49.9 Å². The summed E-state index contributed by atoms with van der Waals surface area (Å²) in [4.78, 5) is 25.6. The number of methoxy groups -OCH3 is 3. The molecule has 1 aliphatic heterocycles. The number of hydrogen-bond acceptors (Lipinski definition) is 10. The molecule has 1 aromatic carbocycles. The molecule has 2 N–H and O–H groups in total. The minimum atomic E-state index is -0.536. The summed E-state index contributed by atoms with van der Waals surface area (Å²) in [6, 6.07) is 8.53. The zero-order chi connectivity index (χ0) is 32.5. The van der Waals surface area contributed by atoms with Gasteiger partial charge in [0.2, 0.25) is 0 Å². The number of ether oxygens (including phenoxy) is 6. The zero-order valence-corrected chi connectivity index (χ0v) is 27.4. The molecule has 2 bridgehead atoms. The molecule has 43 heavy (non-hydrogen) atoms. The van der Waals surface area contributed by atoms with Crippen LogP contribution in [0.5, 0.6) is 0 Å². The summed E-state index contributed by atoms with van der Waals surface area (Å²) < 4.78 is 30.0. The van der Waals surface area contributed by atoms with E-state index in [9.17, 15) is 9.59 Å². The molecule has 10 nitrogen and oxygen atoms in total. The Morgan fingerprint density at radius 2 is 1.70 bits per heavy atom. The lowest BCUT2D eigenvalue weighted by atomic mass is 9.79. The highest BCUT2D eigenvalue weighted by molar-refractivity contribution is 5.80. The smallest absolute Gasteiger partial charge is 0.306 e. The number of rotatable bonds is 12. The van der Waals surface area contributed by atoms with Crippen LogP contribution in [0, 0.1) is 5.92 Å². The van der Waals surface area contributed by atoms with Gasteiger partial charge in [0, 0.05) is 46.5 Å². The van der Waals surface area contributed by atoms with Crippen molar-refractivity contribution < 1.29 is 48.2 Å². The average molecular weight is 613 g/mol. The Morgan fingerprint density at radius 3 is 2.30 bits per heavy atom. The van der Waals surface area contributed by atoms with Gasteiger partial charge >= 0.3 is 5.97 Å². The Hall–Kier alpha value is -2.18. The van der Waals surface area contributed by atoms with Gasteiger partial charge < -0.3 is 38.6 Å². The molecular weight excluding hydrogens is 556 g/mol. The van der Waals surface area contributed by atoms with E-state index in [0.29, 0.717) is 32.7 Å². The molecular formula is C33H56O10. The standard InChI is InChI=1S/C29H44O6.2C2H6O2/c1-6-23(20-34-21-33-16-15-32-5)17-22(2)27-19-26(30)13-14-29(3,4)25-11-7-9-24(18-25)10-8-12-28(31)35-27;2*1-4-2-3/h7,9,11,17-18,23,27H,6,8,10,12-16,19-21H2,1-5H3;2*3H,2H2,1H3/b22-17-;;/t23?,27-;;/m0../s1. The lowest BCUT2D eigenvalue weighted by Crippen LogP contribution is -2.25. The van der Waals surface area contributed by atoms with E-state index in [2.05, 4.69) is 60.6 Å². The summed E-state index contributed by atoms with van der Waals surface area (Å²) in [5.74, 6) is 0.0134. The molecule has 0 saturated heterocycles. The zero-order valence-electron chi connectivity index (χ0n) is 27.4. The predicted octanol–water partition coefficient (Wildman–Crippen LogP) is 4.73. The molecule has 1 aliphatic rings. The highest BCUT2D eigenvalue weighted by Gasteiger charge is 2.26. The van der Waals surface area contributed by atoms with Gasteiger partial charge in [-0.1, -0.05) is 51.1 Å². The first-order valence-corrected chi connectivity index (χ1v) is 14.9. The molecule has 1 aromatic rings. The summed E-state index contributed by atoms with van der Waals surface area (Å²) >= 11 is 0. The average Bonchev–Trinajstić information content (AvgIpc) is 3.00. The molecule has 0 fully saturated rings. The maximum absolute atomic E-state index is 13.0. The van der Waals surface area contributed by atoms with Gasteiger partial charge in [-0.2, -0.15) is 0 Å². The quantitative estimate of drug-likeness (QED) is 0.148. The Balaban J connectivity index is 0.00000195. The summed E-state index contributed by atoms with van der Waals surface area (Å²) in [6.45, 7) is 9.79. The molecule has 0 aromatic heterocycles. The van der Waals surface area contributed by atoms with Crippen LogP contribution in [0.15, 0.2) is 35.9 Å². The number of hydrogen-bond donors (Lipinski definition) is 2. The first-order valence-electron chi connectivity index (χ1n) is 14.9. The summed E-state index contributed by atoms with van der Waals surface area (Å²) in [6.07, 6.45) is 5.73. The van der Waals surface area contributed by atoms with Crippen LogP contribution in [0.25, 0.3) is 0 Å². The van der Waals surface area contributed by atoms with E-state index >= 15 is 0 Å². The van der Waals surface area contributed by atoms with Gasteiger partial charge in [0.05, 0.1) is 19.8 Å². The minimum Gasteiger partial charge on any atom is -0.457 e. The van der Waals surface area contributed by atoms with Crippen LogP contribution < -0.4 is 0 Å². The number of aliphatic hydroxyl groups is 2. The van der Waals surface area contributed by atoms with Crippen LogP contribution in [0.2, 0.25) is 0 Å². The highest BCUT2D eigenvalue weighted by Crippen LogP contribution is 2.30. The first-order chi connectivity index (χ1) is 20.6. The molecule has 2 atom stereocenters. The van der Waals surface area contributed by atoms with Gasteiger partial charge in [-0.15, -0.1) is 0 Å². The molecule has 2 rings (SSSR count). The Morgan fingerprint density at radius 1 is 1.02 bits per heavy atom. The second-order valence-corrected chi connectivity index (χ2v) is 11.0. The van der Waals surface area contributed by atoms with Crippen LogP contribution >= 0.6 is 0 Å². The van der Waals surface area contributed by atoms with E-state index in [4.69, 9.17) is 29.2 Å². The molecule has 0 spiro atoms. The number of benzene rings is 1. The van der Waals surface area contributed by atoms with Crippen LogP contribution in [0.3, 0.4) is 0 Å². The van der Waals surface area contributed by atoms with Crippen molar-refractivity contribution in [2.45, 2.75) is 84.2 Å². The molecule has 0 amide bonds. The largest absolute Gasteiger partial charge is 0.457 e. The van der Waals surface area contributed by atoms with Gasteiger partial charge in [0.25, 0.3) is 0 Å². The first kappa shape index (κ1) is 40.8. The lowest BCUT2D eigenvalue weighted by molar-refractivity contribution is -0.148. The Labute approximate surface area is 258 Å². The van der Waals surface area contributed by atoms with Crippen LogP contribution in [-0.2, 0) is 49.8 Å². The molecule has 1 heterocycles. The number of carbonyl (C=O) groups is 2. The maximum atomic E-state index is 13.0. The van der Waals surface area contributed by atoms with Crippen LogP contribution in [0.4, 0.5) is 0 Å². The van der Waals surface area contributed by atoms with Crippen LogP contribution in [0.1, 0.15) is 77.3 Å². The van der Waals surface area contributed by atoms with E-state index in [1.807, 2.05) is 6.92 Å². The van der Waals surface area contributed by atoms with Crippen molar-refractivity contribution >= 4 is 11.8 Å². The number of Topliss-reactive ketones (excluding diaryl/α,β-unsaturated/α-hetero) is 1. The SMILES string of the molecule is CCC(/C=C(/C)[C@@H]1CC(=O)CCC(C)(C)c2cccc(c2)CCCC(=O)O1)COCOCCOC.COCO.COCO. The third-order valence-electron chi connectivity index (χ3n) is 6.99. The van der Waals surface area contributed by atoms with Gasteiger partial charge in [-0.25, -0.2) is 0 Å². The van der Waals surface area contributed by atoms with Gasteiger partial charge in [-0.3, -0.25) is 9.59 Å². The van der Waals surface area contributed by atoms with E-state index < -0.39 is 6.10 Å². The number of ketones is 1. The molecule has 0 aliphatic carbocycles. The molecule has 0 saturated carbocycles. The van der Waals surface area contributed by atoms with Crippen molar-refractivity contribution in [3.8, 4) is 0 Å². The summed E-state index contributed by atoms with van der Waals surface area (Å²) in [5.41, 5.74) is 3.27. The lowest BCUT2D eigenvalue weighted by Gasteiger charge is -2.27. The van der Waals surface area contributed by atoms with Crippen molar-refractivity contribution in [2.75, 3.05) is 61.5 Å². The second kappa shape index (κ2) is 25.2. The minimum absolute atomic E-state index is 0.0944. The van der Waals surface area contributed by atoms with Crippen molar-refractivity contribution in [1.29, 1.82) is 0 Å². The summed E-state index contributed by atoms with van der Waals surface area (Å²) in [7, 11) is 4.49. The molecule has 0 radical (unpaired) electrons. The fourth-order valence-electron chi connectivity index (χ4n) is 4.23. The Bertz CT molecular complexity index is 891. The number of aliphatic hydroxyl groups excluding tert-OH is 2. The number of fused-ring (bicyclic) bond motifs is 2. The monoisotopic (exact) mass is 612 g/mol. The fourth-order valence-corrected chi connectivity index (χ4v) is 4.23. The van der Waals surface area contributed by atoms with Crippen LogP contribution in [-0.4, -0.2) is 89.6 Å². The molecule has 248 valence electrons. The normalized spacial score (nSPS) is 18.3. The van der Waals surface area contributed by atoms with Crippen molar-refractivity contribution in [2.24, 2.45) is 5.92 Å². The molecule has 1 unspecified atom stereocenters. The number of cyclic esters (lactones) is 1. The van der Waals surface area contributed by atoms with E-state index in [0.717, 1.165) is 31.3 Å². The Kier molecular flexibility index (Phi) is 23.9. The van der Waals surface area contributed by atoms with Crippen molar-refractivity contribution in [3.05, 3.63) is 47.0 Å². The fraction of sp³-hybridized carbons (Fsp3) is 0.697. The van der Waals surface area contributed by atoms with Crippen molar-refractivity contribution in [1.82, 2.24) is 0 Å². The maximum Gasteiger partial charge on any atom is 0.306 e. The van der Waals surface area contributed by atoms with Gasteiger partial charge in [0.15, 0.2) is 0 Å². The topological polar surface area (TPSA) is 130 Å². The van der Waals surface area contributed by atoms with Crippen molar-refractivity contribution in [3.63, 3.8) is 0 Å².